The van der Waals surface area contributed by atoms with E-state index >= 15 is 0 Å². The van der Waals surface area contributed by atoms with Crippen LogP contribution in [0.25, 0.3) is 5.76 Å². The van der Waals surface area contributed by atoms with Crippen LogP contribution in [0.2, 0.25) is 0 Å². The predicted octanol–water partition coefficient (Wildman–Crippen LogP) is 5.62. The van der Waals surface area contributed by atoms with Crippen LogP contribution >= 0.6 is 0 Å². The fraction of sp³-hybridized carbons (Fsp3) is 0.250. The second-order valence-electron chi connectivity index (χ2n) is 8.87. The number of pyridine rings is 1. The van der Waals surface area contributed by atoms with Crippen molar-refractivity contribution in [2.75, 3.05) is 4.90 Å². The SMILES string of the molecule is CC(C)Oc1ccc(/C(O)=C2\C(=O)C(=O)N(c3ccccn3)[C@H]2c2ccc(C(C)C)cc2)cc1. The quantitative estimate of drug-likeness (QED) is 0.296. The third kappa shape index (κ3) is 4.44. The van der Waals surface area contributed by atoms with Gasteiger partial charge >= 0.3 is 5.91 Å². The number of hydrogen-bond donors (Lipinski definition) is 1. The van der Waals surface area contributed by atoms with E-state index in [1.54, 1.807) is 48.7 Å². The molecule has 0 spiro atoms. The average Bonchev–Trinajstić information content (AvgIpc) is 3.09. The van der Waals surface area contributed by atoms with Gasteiger partial charge in [0, 0.05) is 11.8 Å². The number of carbonyl (C=O) groups is 2. The van der Waals surface area contributed by atoms with E-state index in [2.05, 4.69) is 18.8 Å². The number of Topliss-reactive ketones (excluding diaryl/α,β-unsaturated/α-hetero) is 1. The van der Waals surface area contributed by atoms with Crippen molar-refractivity contribution in [3.63, 3.8) is 0 Å². The van der Waals surface area contributed by atoms with E-state index in [9.17, 15) is 14.7 Å². The minimum Gasteiger partial charge on any atom is -0.507 e. The Morgan fingerprint density at radius 3 is 2.18 bits per heavy atom. The summed E-state index contributed by atoms with van der Waals surface area (Å²) in [5.74, 6) is -0.362. The van der Waals surface area contributed by atoms with Crippen molar-refractivity contribution in [1.82, 2.24) is 4.98 Å². The second-order valence-corrected chi connectivity index (χ2v) is 8.87. The Balaban J connectivity index is 1.85. The van der Waals surface area contributed by atoms with Crippen LogP contribution in [0.5, 0.6) is 5.75 Å². The van der Waals surface area contributed by atoms with Crippen molar-refractivity contribution in [1.29, 1.82) is 0 Å². The zero-order chi connectivity index (χ0) is 24.4. The topological polar surface area (TPSA) is 79.7 Å². The van der Waals surface area contributed by atoms with Crippen LogP contribution in [0.4, 0.5) is 5.82 Å². The first kappa shape index (κ1) is 23.2. The number of ether oxygens (including phenoxy) is 1. The van der Waals surface area contributed by atoms with Crippen molar-refractivity contribution in [3.8, 4) is 5.75 Å². The second kappa shape index (κ2) is 9.51. The van der Waals surface area contributed by atoms with Gasteiger partial charge in [-0.1, -0.05) is 44.2 Å². The lowest BCUT2D eigenvalue weighted by molar-refractivity contribution is -0.132. The first-order valence-corrected chi connectivity index (χ1v) is 11.4. The Labute approximate surface area is 199 Å². The van der Waals surface area contributed by atoms with E-state index in [0.717, 1.165) is 11.1 Å². The summed E-state index contributed by atoms with van der Waals surface area (Å²) in [6, 6.07) is 19.0. The van der Waals surface area contributed by atoms with Crippen molar-refractivity contribution in [2.45, 2.75) is 45.8 Å². The lowest BCUT2D eigenvalue weighted by Crippen LogP contribution is -2.30. The van der Waals surface area contributed by atoms with Crippen LogP contribution in [-0.4, -0.2) is 27.9 Å². The van der Waals surface area contributed by atoms with Gasteiger partial charge in [-0.05, 0) is 67.3 Å². The predicted molar refractivity (Wildman–Crippen MR) is 132 cm³/mol. The first-order valence-electron chi connectivity index (χ1n) is 11.4. The molecular formula is C28H28N2O4. The van der Waals surface area contributed by atoms with Gasteiger partial charge in [0.25, 0.3) is 5.78 Å². The Bertz CT molecular complexity index is 1210. The van der Waals surface area contributed by atoms with Gasteiger partial charge < -0.3 is 9.84 Å². The van der Waals surface area contributed by atoms with Crippen LogP contribution in [0.1, 0.15) is 56.3 Å². The Morgan fingerprint density at radius 2 is 1.62 bits per heavy atom. The molecule has 1 aliphatic rings. The number of rotatable bonds is 6. The normalized spacial score (nSPS) is 17.6. The number of anilines is 1. The highest BCUT2D eigenvalue weighted by Gasteiger charge is 2.47. The maximum Gasteiger partial charge on any atom is 0.301 e. The Hall–Kier alpha value is -3.93. The van der Waals surface area contributed by atoms with E-state index in [4.69, 9.17) is 4.74 Å². The van der Waals surface area contributed by atoms with Gasteiger partial charge in [-0.2, -0.15) is 0 Å². The average molecular weight is 457 g/mol. The van der Waals surface area contributed by atoms with Crippen molar-refractivity contribution < 1.29 is 19.4 Å². The lowest BCUT2D eigenvalue weighted by atomic mass is 9.93. The third-order valence-electron chi connectivity index (χ3n) is 5.76. The highest BCUT2D eigenvalue weighted by Crippen LogP contribution is 2.41. The summed E-state index contributed by atoms with van der Waals surface area (Å²) >= 11 is 0. The smallest absolute Gasteiger partial charge is 0.301 e. The molecule has 174 valence electrons. The Morgan fingerprint density at radius 1 is 0.941 bits per heavy atom. The highest BCUT2D eigenvalue weighted by atomic mass is 16.5. The zero-order valence-corrected chi connectivity index (χ0v) is 19.7. The summed E-state index contributed by atoms with van der Waals surface area (Å²) < 4.78 is 5.67. The number of nitrogens with zero attached hydrogens (tertiary/aromatic N) is 2. The van der Waals surface area contributed by atoms with Gasteiger partial charge in [-0.3, -0.25) is 14.5 Å². The van der Waals surface area contributed by atoms with Crippen molar-refractivity contribution in [3.05, 3.63) is 95.2 Å². The molecule has 1 atom stereocenters. The molecule has 6 heteroatoms. The summed E-state index contributed by atoms with van der Waals surface area (Å²) in [6.45, 7) is 8.05. The molecule has 6 nitrogen and oxygen atoms in total. The number of benzene rings is 2. The number of aliphatic hydroxyl groups is 1. The van der Waals surface area contributed by atoms with Crippen LogP contribution in [0.3, 0.4) is 0 Å². The van der Waals surface area contributed by atoms with Gasteiger partial charge in [-0.15, -0.1) is 0 Å². The third-order valence-corrected chi connectivity index (χ3v) is 5.76. The van der Waals surface area contributed by atoms with Gasteiger partial charge in [0.1, 0.15) is 17.3 Å². The summed E-state index contributed by atoms with van der Waals surface area (Å²) in [6.07, 6.45) is 1.58. The molecule has 1 fully saturated rings. The van der Waals surface area contributed by atoms with E-state index in [1.807, 2.05) is 38.1 Å². The number of aliphatic hydroxyl groups excluding tert-OH is 1. The van der Waals surface area contributed by atoms with Crippen LogP contribution in [-0.2, 0) is 9.59 Å². The van der Waals surface area contributed by atoms with Crippen molar-refractivity contribution in [2.24, 2.45) is 0 Å². The maximum absolute atomic E-state index is 13.2. The fourth-order valence-corrected chi connectivity index (χ4v) is 4.06. The van der Waals surface area contributed by atoms with Crippen LogP contribution in [0, 0.1) is 0 Å². The summed E-state index contributed by atoms with van der Waals surface area (Å²) in [5.41, 5.74) is 2.32. The van der Waals surface area contributed by atoms with Gasteiger partial charge in [0.05, 0.1) is 17.7 Å². The molecule has 1 N–H and O–H groups in total. The molecule has 2 heterocycles. The molecule has 1 amide bonds. The van der Waals surface area contributed by atoms with E-state index < -0.39 is 17.7 Å². The van der Waals surface area contributed by atoms with E-state index in [0.29, 0.717) is 23.0 Å². The first-order chi connectivity index (χ1) is 16.3. The standard InChI is InChI=1S/C28H28N2O4/c1-17(2)19-8-10-20(11-9-19)25-24(26(31)21-12-14-22(15-13-21)34-18(3)4)27(32)28(33)30(25)23-7-5-6-16-29-23/h5-18,25,31H,1-4H3/b26-24+/t25-/m0/s1. The highest BCUT2D eigenvalue weighted by molar-refractivity contribution is 6.51. The maximum atomic E-state index is 13.2. The molecular weight excluding hydrogens is 428 g/mol. The molecule has 1 aliphatic heterocycles. The summed E-state index contributed by atoms with van der Waals surface area (Å²) in [5, 5.41) is 11.2. The van der Waals surface area contributed by atoms with Gasteiger partial charge in [-0.25, -0.2) is 4.98 Å². The number of ketones is 1. The number of amides is 1. The molecule has 0 unspecified atom stereocenters. The van der Waals surface area contributed by atoms with Gasteiger partial charge in [0.15, 0.2) is 0 Å². The molecule has 0 bridgehead atoms. The van der Waals surface area contributed by atoms with Gasteiger partial charge in [0.2, 0.25) is 0 Å². The molecule has 34 heavy (non-hydrogen) atoms. The molecule has 0 radical (unpaired) electrons. The molecule has 1 saturated heterocycles. The molecule has 0 aliphatic carbocycles. The minimum atomic E-state index is -0.803. The van der Waals surface area contributed by atoms with Crippen LogP contribution < -0.4 is 9.64 Å². The molecule has 3 aromatic rings. The molecule has 1 aromatic heterocycles. The number of hydrogen-bond acceptors (Lipinski definition) is 5. The monoisotopic (exact) mass is 456 g/mol. The number of carbonyl (C=O) groups excluding carboxylic acids is 2. The Kier molecular flexibility index (Phi) is 6.50. The summed E-state index contributed by atoms with van der Waals surface area (Å²) in [7, 11) is 0. The summed E-state index contributed by atoms with van der Waals surface area (Å²) in [4.78, 5) is 32.0. The largest absolute Gasteiger partial charge is 0.507 e. The minimum absolute atomic E-state index is 0.0111. The molecule has 2 aromatic carbocycles. The lowest BCUT2D eigenvalue weighted by Gasteiger charge is -2.24. The number of aromatic nitrogens is 1. The fourth-order valence-electron chi connectivity index (χ4n) is 4.06. The zero-order valence-electron chi connectivity index (χ0n) is 19.7. The van der Waals surface area contributed by atoms with E-state index in [1.165, 1.54) is 4.90 Å². The van der Waals surface area contributed by atoms with Crippen LogP contribution in [0.15, 0.2) is 78.5 Å². The molecule has 4 rings (SSSR count). The molecule has 0 saturated carbocycles. The van der Waals surface area contributed by atoms with E-state index in [-0.39, 0.29) is 17.4 Å². The van der Waals surface area contributed by atoms with Crippen molar-refractivity contribution >= 4 is 23.3 Å².